The van der Waals surface area contributed by atoms with Gasteiger partial charge in [-0.3, -0.25) is 15.2 Å². The average Bonchev–Trinajstić information content (AvgIpc) is 3.68. The van der Waals surface area contributed by atoms with Crippen LogP contribution in [0.3, 0.4) is 0 Å². The zero-order valence-corrected chi connectivity index (χ0v) is 23.0. The number of hydrogen-bond donors (Lipinski definition) is 4. The molecule has 1 unspecified atom stereocenters. The number of aromatic nitrogens is 2. The second-order valence-electron chi connectivity index (χ2n) is 10.3. The first-order valence-corrected chi connectivity index (χ1v) is 14.4. The van der Waals surface area contributed by atoms with Gasteiger partial charge >= 0.3 is 0 Å². The summed E-state index contributed by atoms with van der Waals surface area (Å²) in [6, 6.07) is 17.2. The lowest BCUT2D eigenvalue weighted by Crippen LogP contribution is -2.29. The summed E-state index contributed by atoms with van der Waals surface area (Å²) in [6.45, 7) is 5.29. The normalized spacial score (nSPS) is 14.7. The maximum Gasteiger partial charge on any atom is 0.229 e. The van der Waals surface area contributed by atoms with Gasteiger partial charge in [-0.2, -0.15) is 5.10 Å². The van der Waals surface area contributed by atoms with Crippen molar-refractivity contribution in [3.63, 3.8) is 0 Å². The van der Waals surface area contributed by atoms with E-state index in [0.717, 1.165) is 44.8 Å². The minimum atomic E-state index is -0.00377. The highest BCUT2D eigenvalue weighted by Crippen LogP contribution is 2.29. The van der Waals surface area contributed by atoms with Gasteiger partial charge in [-0.25, -0.2) is 0 Å². The van der Waals surface area contributed by atoms with E-state index in [0.29, 0.717) is 25.9 Å². The quantitative estimate of drug-likeness (QED) is 0.127. The number of aromatic amines is 1. The molecule has 0 bridgehead atoms. The summed E-state index contributed by atoms with van der Waals surface area (Å²) in [5.74, 6) is 0.277. The van der Waals surface area contributed by atoms with Gasteiger partial charge in [0.2, 0.25) is 5.91 Å². The Morgan fingerprint density at radius 1 is 1.16 bits per heavy atom. The molecule has 0 saturated heterocycles. The number of H-pyrrole nitrogens is 1. The van der Waals surface area contributed by atoms with E-state index < -0.39 is 0 Å². The summed E-state index contributed by atoms with van der Waals surface area (Å²) in [4.78, 5) is 13.7. The standard InChI is InChI=1S/C30H37N5O2S/c1-20(22-7-5-10-24(15-22)32-19-37-18-31-23-8-3-4-9-23)13-28-26-17-27(21(2)14-29(26)35-34-28)33-30(36)16-25-11-6-12-38-25/h5-7,10-12,14-15,17,20,23,31-32H,3-4,8-9,13,16,18-19H2,1-2H3,(H,33,36)(H,34,35). The second kappa shape index (κ2) is 12.6. The Hall–Kier alpha value is -3.20. The number of ether oxygens (including phenoxy) is 1. The van der Waals surface area contributed by atoms with Crippen molar-refractivity contribution in [3.8, 4) is 0 Å². The van der Waals surface area contributed by atoms with Crippen molar-refractivity contribution in [3.05, 3.63) is 75.6 Å². The first kappa shape index (κ1) is 26.4. The fourth-order valence-electron chi connectivity index (χ4n) is 5.14. The molecule has 4 aromatic rings. The van der Waals surface area contributed by atoms with Gasteiger partial charge in [-0.1, -0.05) is 38.0 Å². The lowest BCUT2D eigenvalue weighted by molar-refractivity contribution is -0.115. The second-order valence-corrected chi connectivity index (χ2v) is 11.3. The molecule has 1 atom stereocenters. The highest BCUT2D eigenvalue weighted by Gasteiger charge is 2.16. The fourth-order valence-corrected chi connectivity index (χ4v) is 5.85. The van der Waals surface area contributed by atoms with Crippen LogP contribution in [-0.2, 0) is 22.4 Å². The third kappa shape index (κ3) is 6.81. The Kier molecular flexibility index (Phi) is 8.73. The van der Waals surface area contributed by atoms with Crippen molar-refractivity contribution in [2.45, 2.75) is 64.3 Å². The van der Waals surface area contributed by atoms with Gasteiger partial charge in [0.15, 0.2) is 0 Å². The van der Waals surface area contributed by atoms with Crippen molar-refractivity contribution < 1.29 is 9.53 Å². The predicted octanol–water partition coefficient (Wildman–Crippen LogP) is 6.34. The molecule has 1 saturated carbocycles. The number of rotatable bonds is 12. The SMILES string of the molecule is Cc1cc2n[nH]c(CC(C)c3cccc(NCOCNC4CCCC4)c3)c2cc1NC(=O)Cc1cccs1. The van der Waals surface area contributed by atoms with E-state index in [-0.39, 0.29) is 11.8 Å². The molecule has 1 aliphatic carbocycles. The zero-order valence-electron chi connectivity index (χ0n) is 22.2. The lowest BCUT2D eigenvalue weighted by atomic mass is 9.94. The number of thiophene rings is 1. The van der Waals surface area contributed by atoms with E-state index in [9.17, 15) is 4.79 Å². The number of carbonyl (C=O) groups is 1. The van der Waals surface area contributed by atoms with Crippen molar-refractivity contribution >= 4 is 39.5 Å². The first-order chi connectivity index (χ1) is 18.5. The predicted molar refractivity (Wildman–Crippen MR) is 156 cm³/mol. The van der Waals surface area contributed by atoms with Crippen LogP contribution < -0.4 is 16.0 Å². The molecule has 0 spiro atoms. The van der Waals surface area contributed by atoms with Crippen LogP contribution in [-0.4, -0.2) is 35.6 Å². The number of anilines is 2. The number of nitrogens with one attached hydrogen (secondary N) is 4. The minimum Gasteiger partial charge on any atom is -0.363 e. The molecule has 1 amide bonds. The number of hydrogen-bond acceptors (Lipinski definition) is 6. The Morgan fingerprint density at radius 2 is 2.03 bits per heavy atom. The summed E-state index contributed by atoms with van der Waals surface area (Å²) >= 11 is 1.60. The van der Waals surface area contributed by atoms with E-state index >= 15 is 0 Å². The summed E-state index contributed by atoms with van der Waals surface area (Å²) in [7, 11) is 0. The number of aryl methyl sites for hydroxylation is 1. The molecule has 0 aliphatic heterocycles. The van der Waals surface area contributed by atoms with E-state index in [1.54, 1.807) is 11.3 Å². The topological polar surface area (TPSA) is 91.1 Å². The highest BCUT2D eigenvalue weighted by molar-refractivity contribution is 7.10. The van der Waals surface area contributed by atoms with Crippen LogP contribution in [0.5, 0.6) is 0 Å². The largest absolute Gasteiger partial charge is 0.363 e. The molecule has 5 rings (SSSR count). The molecule has 7 nitrogen and oxygen atoms in total. The maximum atomic E-state index is 12.6. The number of fused-ring (bicyclic) bond motifs is 1. The third-order valence-corrected chi connectivity index (χ3v) is 8.22. The van der Waals surface area contributed by atoms with Gasteiger partial charge < -0.3 is 15.4 Å². The summed E-state index contributed by atoms with van der Waals surface area (Å²) in [5.41, 5.74) is 6.13. The molecular formula is C30H37N5O2S. The highest BCUT2D eigenvalue weighted by atomic mass is 32.1. The first-order valence-electron chi connectivity index (χ1n) is 13.5. The number of nitrogens with zero attached hydrogens (tertiary/aromatic N) is 1. The van der Waals surface area contributed by atoms with Gasteiger partial charge in [-0.05, 0) is 78.9 Å². The fraction of sp³-hybridized carbons (Fsp3) is 0.400. The van der Waals surface area contributed by atoms with Crippen molar-refractivity contribution in [1.82, 2.24) is 15.5 Å². The van der Waals surface area contributed by atoms with Gasteiger partial charge in [0.1, 0.15) is 6.73 Å². The number of carbonyl (C=O) groups excluding carboxylic acids is 1. The Labute approximate surface area is 228 Å². The molecular weight excluding hydrogens is 494 g/mol. The smallest absolute Gasteiger partial charge is 0.229 e. The van der Waals surface area contributed by atoms with Gasteiger partial charge in [0.25, 0.3) is 0 Å². The van der Waals surface area contributed by atoms with Crippen LogP contribution in [0.2, 0.25) is 0 Å². The zero-order chi connectivity index (χ0) is 26.3. The minimum absolute atomic E-state index is 0.00377. The van der Waals surface area contributed by atoms with Gasteiger partial charge in [-0.15, -0.1) is 11.3 Å². The van der Waals surface area contributed by atoms with Crippen LogP contribution in [0.15, 0.2) is 53.9 Å². The summed E-state index contributed by atoms with van der Waals surface area (Å²) in [6.07, 6.45) is 6.36. The third-order valence-electron chi connectivity index (χ3n) is 7.34. The monoisotopic (exact) mass is 531 g/mol. The molecule has 1 fully saturated rings. The molecule has 2 aromatic carbocycles. The molecule has 2 heterocycles. The molecule has 2 aromatic heterocycles. The Bertz CT molecular complexity index is 1340. The van der Waals surface area contributed by atoms with E-state index in [2.05, 4.69) is 63.4 Å². The summed E-state index contributed by atoms with van der Waals surface area (Å²) < 4.78 is 5.75. The van der Waals surface area contributed by atoms with Crippen LogP contribution >= 0.6 is 11.3 Å². The van der Waals surface area contributed by atoms with E-state index in [4.69, 9.17) is 4.74 Å². The molecule has 8 heteroatoms. The van der Waals surface area contributed by atoms with Crippen molar-refractivity contribution in [1.29, 1.82) is 0 Å². The van der Waals surface area contributed by atoms with E-state index in [1.165, 1.54) is 31.2 Å². The lowest BCUT2D eigenvalue weighted by Gasteiger charge is -2.15. The van der Waals surface area contributed by atoms with Crippen LogP contribution in [0.25, 0.3) is 10.9 Å². The van der Waals surface area contributed by atoms with Crippen molar-refractivity contribution in [2.24, 2.45) is 0 Å². The number of amides is 1. The molecule has 0 radical (unpaired) electrons. The Balaban J connectivity index is 1.19. The van der Waals surface area contributed by atoms with Crippen LogP contribution in [0.4, 0.5) is 11.4 Å². The maximum absolute atomic E-state index is 12.6. The van der Waals surface area contributed by atoms with Crippen molar-refractivity contribution in [2.75, 3.05) is 24.1 Å². The van der Waals surface area contributed by atoms with Crippen LogP contribution in [0, 0.1) is 6.92 Å². The van der Waals surface area contributed by atoms with Gasteiger partial charge in [0.05, 0.1) is 18.7 Å². The molecule has 200 valence electrons. The van der Waals surface area contributed by atoms with Gasteiger partial charge in [0, 0.05) is 33.4 Å². The van der Waals surface area contributed by atoms with E-state index in [1.807, 2.05) is 30.5 Å². The Morgan fingerprint density at radius 3 is 2.84 bits per heavy atom. The van der Waals surface area contributed by atoms with Crippen LogP contribution in [0.1, 0.15) is 60.2 Å². The average molecular weight is 532 g/mol. The molecule has 38 heavy (non-hydrogen) atoms. The number of benzene rings is 2. The molecule has 4 N–H and O–H groups in total. The molecule has 1 aliphatic rings. The summed E-state index contributed by atoms with van der Waals surface area (Å²) in [5, 5.41) is 20.8.